The van der Waals surface area contributed by atoms with Crippen molar-refractivity contribution in [3.8, 4) is 0 Å². The Bertz CT molecular complexity index is 219. The van der Waals surface area contributed by atoms with Crippen LogP contribution in [-0.2, 0) is 9.47 Å². The Balaban J connectivity index is 2.00. The van der Waals surface area contributed by atoms with E-state index in [1.54, 1.807) is 0 Å². The Morgan fingerprint density at radius 2 is 2.19 bits per heavy atom. The third-order valence-electron chi connectivity index (χ3n) is 3.83. The van der Waals surface area contributed by atoms with Crippen molar-refractivity contribution in [2.45, 2.75) is 38.5 Å². The van der Waals surface area contributed by atoms with Gasteiger partial charge < -0.3 is 15.2 Å². The molecule has 0 saturated carbocycles. The maximum atomic E-state index is 5.95. The smallest absolute Gasteiger partial charge is 0.0674 e. The molecule has 0 amide bonds. The number of hydrogen-bond donors (Lipinski definition) is 1. The van der Waals surface area contributed by atoms with Crippen LogP contribution < -0.4 is 5.73 Å². The number of morpholine rings is 1. The molecule has 0 aliphatic carbocycles. The van der Waals surface area contributed by atoms with E-state index < -0.39 is 0 Å². The summed E-state index contributed by atoms with van der Waals surface area (Å²) < 4.78 is 11.1. The third-order valence-corrected chi connectivity index (χ3v) is 3.83. The van der Waals surface area contributed by atoms with Gasteiger partial charge in [0.15, 0.2) is 0 Å². The molecular weight excluding hydrogens is 204 g/mol. The van der Waals surface area contributed by atoms with Crippen LogP contribution in [0.4, 0.5) is 0 Å². The lowest BCUT2D eigenvalue weighted by molar-refractivity contribution is -0.0737. The minimum absolute atomic E-state index is 0.326. The Hall–Kier alpha value is -0.160. The van der Waals surface area contributed by atoms with Crippen LogP contribution in [-0.4, -0.2) is 56.0 Å². The van der Waals surface area contributed by atoms with Crippen LogP contribution in [0.1, 0.15) is 20.3 Å². The van der Waals surface area contributed by atoms with E-state index in [1.165, 1.54) is 0 Å². The molecule has 2 fully saturated rings. The molecule has 2 saturated heterocycles. The second-order valence-corrected chi connectivity index (χ2v) is 5.12. The quantitative estimate of drug-likeness (QED) is 0.762. The fourth-order valence-electron chi connectivity index (χ4n) is 2.85. The molecule has 0 bridgehead atoms. The third kappa shape index (κ3) is 2.56. The van der Waals surface area contributed by atoms with E-state index in [-0.39, 0.29) is 0 Å². The zero-order chi connectivity index (χ0) is 11.5. The van der Waals surface area contributed by atoms with Gasteiger partial charge in [-0.2, -0.15) is 0 Å². The molecule has 0 radical (unpaired) electrons. The highest BCUT2D eigenvalue weighted by molar-refractivity contribution is 4.88. The summed E-state index contributed by atoms with van der Waals surface area (Å²) in [6, 6.07) is 0.939. The van der Waals surface area contributed by atoms with Gasteiger partial charge in [0.1, 0.15) is 0 Å². The first-order valence-electron chi connectivity index (χ1n) is 6.37. The summed E-state index contributed by atoms with van der Waals surface area (Å²) in [4.78, 5) is 2.52. The summed E-state index contributed by atoms with van der Waals surface area (Å²) in [5.41, 5.74) is 5.95. The van der Waals surface area contributed by atoms with Gasteiger partial charge in [-0.3, -0.25) is 4.90 Å². The van der Waals surface area contributed by atoms with Gasteiger partial charge >= 0.3 is 0 Å². The summed E-state index contributed by atoms with van der Waals surface area (Å²) in [6.45, 7) is 8.69. The topological polar surface area (TPSA) is 47.7 Å². The number of hydrogen-bond acceptors (Lipinski definition) is 4. The first kappa shape index (κ1) is 12.3. The van der Waals surface area contributed by atoms with E-state index in [1.807, 2.05) is 0 Å². The normalized spacial score (nSPS) is 38.8. The number of rotatable bonds is 3. The molecule has 4 heteroatoms. The Kier molecular flexibility index (Phi) is 4.19. The molecule has 2 rings (SSSR count). The van der Waals surface area contributed by atoms with Crippen molar-refractivity contribution in [3.05, 3.63) is 0 Å². The lowest BCUT2D eigenvalue weighted by Crippen LogP contribution is -2.56. The maximum Gasteiger partial charge on any atom is 0.0674 e. The van der Waals surface area contributed by atoms with Crippen molar-refractivity contribution in [3.63, 3.8) is 0 Å². The van der Waals surface area contributed by atoms with Gasteiger partial charge in [-0.15, -0.1) is 0 Å². The Labute approximate surface area is 98.1 Å². The van der Waals surface area contributed by atoms with E-state index in [4.69, 9.17) is 15.2 Å². The van der Waals surface area contributed by atoms with Crippen LogP contribution in [0.15, 0.2) is 0 Å². The van der Waals surface area contributed by atoms with Crippen LogP contribution in [0.2, 0.25) is 0 Å². The molecular formula is C12H24N2O2. The highest BCUT2D eigenvalue weighted by Crippen LogP contribution is 2.24. The van der Waals surface area contributed by atoms with Gasteiger partial charge in [0.05, 0.1) is 19.3 Å². The molecule has 2 N–H and O–H groups in total. The molecule has 0 spiro atoms. The van der Waals surface area contributed by atoms with Gasteiger partial charge in [0.2, 0.25) is 0 Å². The standard InChI is InChI=1S/C12H24N2O2/c1-9-7-16-10(2)6-14(9)12(5-13)11-3-4-15-8-11/h9-12H,3-8,13H2,1-2H3. The van der Waals surface area contributed by atoms with Crippen molar-refractivity contribution in [2.75, 3.05) is 32.9 Å². The first-order valence-corrected chi connectivity index (χ1v) is 6.37. The predicted octanol–water partition coefficient (Wildman–Crippen LogP) is 0.459. The molecule has 16 heavy (non-hydrogen) atoms. The van der Waals surface area contributed by atoms with Crippen molar-refractivity contribution < 1.29 is 9.47 Å². The fraction of sp³-hybridized carbons (Fsp3) is 1.00. The fourth-order valence-corrected chi connectivity index (χ4v) is 2.85. The summed E-state index contributed by atoms with van der Waals surface area (Å²) in [5.74, 6) is 0.609. The largest absolute Gasteiger partial charge is 0.381 e. The van der Waals surface area contributed by atoms with E-state index >= 15 is 0 Å². The molecule has 4 atom stereocenters. The molecule has 94 valence electrons. The molecule has 0 aromatic rings. The Morgan fingerprint density at radius 3 is 2.81 bits per heavy atom. The van der Waals surface area contributed by atoms with Crippen LogP contribution in [0.25, 0.3) is 0 Å². The van der Waals surface area contributed by atoms with E-state index in [0.717, 1.165) is 39.3 Å². The summed E-state index contributed by atoms with van der Waals surface area (Å²) in [5, 5.41) is 0. The van der Waals surface area contributed by atoms with E-state index in [0.29, 0.717) is 24.1 Å². The van der Waals surface area contributed by atoms with Gasteiger partial charge in [0.25, 0.3) is 0 Å². The van der Waals surface area contributed by atoms with Gasteiger partial charge in [0, 0.05) is 37.7 Å². The summed E-state index contributed by atoms with van der Waals surface area (Å²) >= 11 is 0. The summed E-state index contributed by atoms with van der Waals surface area (Å²) in [6.07, 6.45) is 1.48. The average molecular weight is 228 g/mol. The monoisotopic (exact) mass is 228 g/mol. The number of nitrogens with two attached hydrogens (primary N) is 1. The zero-order valence-corrected chi connectivity index (χ0v) is 10.4. The van der Waals surface area contributed by atoms with Crippen LogP contribution in [0.3, 0.4) is 0 Å². The molecule has 0 aromatic heterocycles. The van der Waals surface area contributed by atoms with E-state index in [9.17, 15) is 0 Å². The number of ether oxygens (including phenoxy) is 2. The lowest BCUT2D eigenvalue weighted by atomic mass is 9.95. The van der Waals surface area contributed by atoms with Gasteiger partial charge in [-0.25, -0.2) is 0 Å². The van der Waals surface area contributed by atoms with Crippen LogP contribution in [0.5, 0.6) is 0 Å². The van der Waals surface area contributed by atoms with Gasteiger partial charge in [-0.1, -0.05) is 0 Å². The second kappa shape index (κ2) is 5.45. The zero-order valence-electron chi connectivity index (χ0n) is 10.4. The predicted molar refractivity (Wildman–Crippen MR) is 63.4 cm³/mol. The highest BCUT2D eigenvalue weighted by atomic mass is 16.5. The highest BCUT2D eigenvalue weighted by Gasteiger charge is 2.35. The van der Waals surface area contributed by atoms with E-state index in [2.05, 4.69) is 18.7 Å². The SMILES string of the molecule is CC1CN(C(CN)C2CCOC2)C(C)CO1. The molecule has 2 aliphatic heterocycles. The molecule has 2 aliphatic rings. The molecule has 2 heterocycles. The molecule has 4 unspecified atom stereocenters. The van der Waals surface area contributed by atoms with Crippen molar-refractivity contribution in [1.29, 1.82) is 0 Å². The van der Waals surface area contributed by atoms with Crippen molar-refractivity contribution in [2.24, 2.45) is 11.7 Å². The van der Waals surface area contributed by atoms with Gasteiger partial charge in [-0.05, 0) is 20.3 Å². The molecule has 0 aromatic carbocycles. The van der Waals surface area contributed by atoms with Crippen LogP contribution in [0, 0.1) is 5.92 Å². The van der Waals surface area contributed by atoms with Crippen molar-refractivity contribution in [1.82, 2.24) is 4.90 Å². The lowest BCUT2D eigenvalue weighted by Gasteiger charge is -2.43. The van der Waals surface area contributed by atoms with Crippen LogP contribution >= 0.6 is 0 Å². The summed E-state index contributed by atoms with van der Waals surface area (Å²) in [7, 11) is 0. The second-order valence-electron chi connectivity index (χ2n) is 5.12. The average Bonchev–Trinajstić information content (AvgIpc) is 2.78. The minimum Gasteiger partial charge on any atom is -0.381 e. The van der Waals surface area contributed by atoms with Crippen molar-refractivity contribution >= 4 is 0 Å². The first-order chi connectivity index (χ1) is 7.72. The molecule has 4 nitrogen and oxygen atoms in total. The Morgan fingerprint density at radius 1 is 1.38 bits per heavy atom. The maximum absolute atomic E-state index is 5.95. The number of nitrogens with zero attached hydrogens (tertiary/aromatic N) is 1. The minimum atomic E-state index is 0.326.